The fourth-order valence-corrected chi connectivity index (χ4v) is 2.08. The minimum atomic E-state index is -0.415. The maximum absolute atomic E-state index is 11.5. The standard InChI is InChI=1S/C15H16ClNO4/c1-9-12(15(18)20-3)6-11(21-9)8-17-14-7-10(19-2)4-5-13(14)16/h4-7,17H,8H2,1-3H3. The lowest BCUT2D eigenvalue weighted by atomic mass is 10.2. The highest BCUT2D eigenvalue weighted by Crippen LogP contribution is 2.27. The van der Waals surface area contributed by atoms with Crippen molar-refractivity contribution in [2.75, 3.05) is 19.5 Å². The van der Waals surface area contributed by atoms with Crippen LogP contribution in [0.3, 0.4) is 0 Å². The third-order valence-corrected chi connectivity index (χ3v) is 3.33. The van der Waals surface area contributed by atoms with Crippen LogP contribution in [0.2, 0.25) is 5.02 Å². The Morgan fingerprint density at radius 1 is 1.33 bits per heavy atom. The molecule has 112 valence electrons. The van der Waals surface area contributed by atoms with E-state index in [4.69, 9.17) is 20.8 Å². The smallest absolute Gasteiger partial charge is 0.341 e. The first-order valence-electron chi connectivity index (χ1n) is 6.30. The van der Waals surface area contributed by atoms with Crippen LogP contribution in [-0.4, -0.2) is 20.2 Å². The largest absolute Gasteiger partial charge is 0.497 e. The molecule has 0 saturated heterocycles. The Balaban J connectivity index is 2.11. The van der Waals surface area contributed by atoms with Gasteiger partial charge in [-0.25, -0.2) is 4.79 Å². The van der Waals surface area contributed by atoms with Crippen LogP contribution in [0.15, 0.2) is 28.7 Å². The average Bonchev–Trinajstić information content (AvgIpc) is 2.86. The van der Waals surface area contributed by atoms with E-state index in [0.717, 1.165) is 5.69 Å². The van der Waals surface area contributed by atoms with E-state index in [9.17, 15) is 4.79 Å². The summed E-state index contributed by atoms with van der Waals surface area (Å²) in [4.78, 5) is 11.5. The lowest BCUT2D eigenvalue weighted by Crippen LogP contribution is -2.01. The molecule has 0 saturated carbocycles. The van der Waals surface area contributed by atoms with E-state index in [1.165, 1.54) is 7.11 Å². The summed E-state index contributed by atoms with van der Waals surface area (Å²) in [6.07, 6.45) is 0. The fourth-order valence-electron chi connectivity index (χ4n) is 1.89. The van der Waals surface area contributed by atoms with Crippen LogP contribution in [-0.2, 0) is 11.3 Å². The summed E-state index contributed by atoms with van der Waals surface area (Å²) in [5, 5.41) is 3.72. The number of halogens is 1. The molecule has 2 aromatic rings. The van der Waals surface area contributed by atoms with Gasteiger partial charge in [-0.2, -0.15) is 0 Å². The molecule has 0 aliphatic carbocycles. The molecule has 2 rings (SSSR count). The fraction of sp³-hybridized carbons (Fsp3) is 0.267. The summed E-state index contributed by atoms with van der Waals surface area (Å²) in [7, 11) is 2.92. The highest BCUT2D eigenvalue weighted by molar-refractivity contribution is 6.33. The molecule has 1 N–H and O–H groups in total. The van der Waals surface area contributed by atoms with Gasteiger partial charge in [0.2, 0.25) is 0 Å². The Morgan fingerprint density at radius 2 is 2.10 bits per heavy atom. The minimum Gasteiger partial charge on any atom is -0.497 e. The maximum Gasteiger partial charge on any atom is 0.341 e. The molecular formula is C15H16ClNO4. The van der Waals surface area contributed by atoms with Crippen molar-refractivity contribution in [3.05, 3.63) is 46.4 Å². The van der Waals surface area contributed by atoms with Gasteiger partial charge in [0.1, 0.15) is 22.8 Å². The number of aryl methyl sites for hydroxylation is 1. The number of rotatable bonds is 5. The zero-order valence-electron chi connectivity index (χ0n) is 12.0. The monoisotopic (exact) mass is 309 g/mol. The second-order valence-electron chi connectivity index (χ2n) is 4.37. The zero-order valence-corrected chi connectivity index (χ0v) is 12.8. The summed E-state index contributed by atoms with van der Waals surface area (Å²) in [6, 6.07) is 6.97. The van der Waals surface area contributed by atoms with Gasteiger partial charge >= 0.3 is 5.97 Å². The number of nitrogens with one attached hydrogen (secondary N) is 1. The van der Waals surface area contributed by atoms with E-state index in [1.54, 1.807) is 38.3 Å². The summed E-state index contributed by atoms with van der Waals surface area (Å²) in [5.41, 5.74) is 1.15. The Bertz CT molecular complexity index is 651. The maximum atomic E-state index is 11.5. The highest BCUT2D eigenvalue weighted by Gasteiger charge is 2.15. The minimum absolute atomic E-state index is 0.394. The number of hydrogen-bond acceptors (Lipinski definition) is 5. The van der Waals surface area contributed by atoms with Crippen LogP contribution >= 0.6 is 11.6 Å². The van der Waals surface area contributed by atoms with Gasteiger partial charge in [0, 0.05) is 6.07 Å². The first-order chi connectivity index (χ1) is 10.0. The molecule has 21 heavy (non-hydrogen) atoms. The molecule has 0 bridgehead atoms. The van der Waals surface area contributed by atoms with E-state index in [1.807, 2.05) is 0 Å². The number of carbonyl (C=O) groups excluding carboxylic acids is 1. The van der Waals surface area contributed by atoms with Crippen LogP contribution in [0.25, 0.3) is 0 Å². The first-order valence-corrected chi connectivity index (χ1v) is 6.68. The third kappa shape index (κ3) is 3.49. The van der Waals surface area contributed by atoms with Crippen molar-refractivity contribution in [2.45, 2.75) is 13.5 Å². The van der Waals surface area contributed by atoms with Gasteiger partial charge < -0.3 is 19.2 Å². The summed E-state index contributed by atoms with van der Waals surface area (Å²) in [6.45, 7) is 2.11. The SMILES string of the molecule is COC(=O)c1cc(CNc2cc(OC)ccc2Cl)oc1C. The van der Waals surface area contributed by atoms with Gasteiger partial charge in [-0.05, 0) is 25.1 Å². The molecule has 1 heterocycles. The molecule has 0 atom stereocenters. The van der Waals surface area contributed by atoms with E-state index < -0.39 is 5.97 Å². The summed E-state index contributed by atoms with van der Waals surface area (Å²) < 4.78 is 15.4. The van der Waals surface area contributed by atoms with Crippen LogP contribution in [0, 0.1) is 6.92 Å². The molecule has 0 spiro atoms. The van der Waals surface area contributed by atoms with Crippen molar-refractivity contribution in [1.82, 2.24) is 0 Å². The first kappa shape index (κ1) is 15.3. The van der Waals surface area contributed by atoms with Crippen molar-refractivity contribution in [2.24, 2.45) is 0 Å². The number of methoxy groups -OCH3 is 2. The Labute approximate surface area is 127 Å². The Kier molecular flexibility index (Phi) is 4.75. The Morgan fingerprint density at radius 3 is 2.76 bits per heavy atom. The quantitative estimate of drug-likeness (QED) is 0.854. The lowest BCUT2D eigenvalue weighted by Gasteiger charge is -2.08. The number of anilines is 1. The number of furan rings is 1. The highest BCUT2D eigenvalue weighted by atomic mass is 35.5. The molecule has 0 aliphatic rings. The topological polar surface area (TPSA) is 60.7 Å². The summed E-state index contributed by atoms with van der Waals surface area (Å²) >= 11 is 6.11. The molecule has 0 amide bonds. The van der Waals surface area contributed by atoms with Gasteiger partial charge in [-0.3, -0.25) is 0 Å². The molecule has 0 unspecified atom stereocenters. The summed E-state index contributed by atoms with van der Waals surface area (Å²) in [5.74, 6) is 1.43. The molecule has 1 aromatic carbocycles. The number of ether oxygens (including phenoxy) is 2. The molecule has 0 radical (unpaired) electrons. The van der Waals surface area contributed by atoms with Crippen molar-refractivity contribution >= 4 is 23.3 Å². The predicted molar refractivity (Wildman–Crippen MR) is 80.1 cm³/mol. The average molecular weight is 310 g/mol. The second kappa shape index (κ2) is 6.54. The number of hydrogen-bond donors (Lipinski definition) is 1. The van der Waals surface area contributed by atoms with Crippen LogP contribution in [0.1, 0.15) is 21.9 Å². The number of benzene rings is 1. The number of carbonyl (C=O) groups is 1. The van der Waals surface area contributed by atoms with Crippen molar-refractivity contribution in [3.8, 4) is 5.75 Å². The van der Waals surface area contributed by atoms with E-state index in [2.05, 4.69) is 10.1 Å². The Hall–Kier alpha value is -2.14. The lowest BCUT2D eigenvalue weighted by molar-refractivity contribution is 0.0599. The predicted octanol–water partition coefficient (Wildman–Crippen LogP) is 3.65. The molecule has 5 nitrogen and oxygen atoms in total. The van der Waals surface area contributed by atoms with Crippen molar-refractivity contribution in [1.29, 1.82) is 0 Å². The molecular weight excluding hydrogens is 294 g/mol. The van der Waals surface area contributed by atoms with E-state index in [0.29, 0.717) is 34.4 Å². The van der Waals surface area contributed by atoms with E-state index >= 15 is 0 Å². The zero-order chi connectivity index (χ0) is 15.4. The molecule has 6 heteroatoms. The van der Waals surface area contributed by atoms with Crippen molar-refractivity contribution in [3.63, 3.8) is 0 Å². The van der Waals surface area contributed by atoms with Crippen molar-refractivity contribution < 1.29 is 18.7 Å². The van der Waals surface area contributed by atoms with Gasteiger partial charge in [-0.1, -0.05) is 11.6 Å². The van der Waals surface area contributed by atoms with Gasteiger partial charge in [0.25, 0.3) is 0 Å². The van der Waals surface area contributed by atoms with Gasteiger partial charge in [-0.15, -0.1) is 0 Å². The third-order valence-electron chi connectivity index (χ3n) is 3.00. The number of esters is 1. The van der Waals surface area contributed by atoms with Crippen LogP contribution in [0.5, 0.6) is 5.75 Å². The normalized spacial score (nSPS) is 10.3. The van der Waals surface area contributed by atoms with Crippen LogP contribution < -0.4 is 10.1 Å². The second-order valence-corrected chi connectivity index (χ2v) is 4.78. The molecule has 0 aliphatic heterocycles. The van der Waals surface area contributed by atoms with Crippen LogP contribution in [0.4, 0.5) is 5.69 Å². The molecule has 1 aromatic heterocycles. The van der Waals surface area contributed by atoms with Gasteiger partial charge in [0.15, 0.2) is 0 Å². The van der Waals surface area contributed by atoms with E-state index in [-0.39, 0.29) is 0 Å². The van der Waals surface area contributed by atoms with Gasteiger partial charge in [0.05, 0.1) is 31.5 Å². The molecule has 0 fully saturated rings.